The van der Waals surface area contributed by atoms with Crippen LogP contribution in [0.3, 0.4) is 0 Å². The molecule has 1 N–H and O–H groups in total. The first-order valence-electron chi connectivity index (χ1n) is 7.93. The summed E-state index contributed by atoms with van der Waals surface area (Å²) in [6, 6.07) is 15.4. The summed E-state index contributed by atoms with van der Waals surface area (Å²) < 4.78 is 23.5. The molecule has 1 heterocycles. The standard InChI is InChI=1S/C20H18FNO3/c1-3-25-20(23)19-17(13-6-10-16(24-2)11-7-13)12-18(22-19)14-4-8-15(21)9-5-14/h4-12,22H,3H2,1-2H3. The zero-order valence-electron chi connectivity index (χ0n) is 14.0. The molecule has 3 aromatic rings. The summed E-state index contributed by atoms with van der Waals surface area (Å²) in [6.07, 6.45) is 0. The SMILES string of the molecule is CCOC(=O)c1[nH]c(-c2ccc(F)cc2)cc1-c1ccc(OC)cc1. The van der Waals surface area contributed by atoms with Crippen LogP contribution in [-0.4, -0.2) is 24.7 Å². The van der Waals surface area contributed by atoms with Crippen molar-refractivity contribution >= 4 is 5.97 Å². The lowest BCUT2D eigenvalue weighted by Crippen LogP contribution is -2.06. The van der Waals surface area contributed by atoms with E-state index in [2.05, 4.69) is 4.98 Å². The number of aromatic nitrogens is 1. The van der Waals surface area contributed by atoms with Gasteiger partial charge < -0.3 is 14.5 Å². The maximum absolute atomic E-state index is 13.2. The Morgan fingerprint density at radius 1 is 1.04 bits per heavy atom. The summed E-state index contributed by atoms with van der Waals surface area (Å²) >= 11 is 0. The molecule has 0 aliphatic carbocycles. The molecule has 0 atom stereocenters. The van der Waals surface area contributed by atoms with E-state index in [1.54, 1.807) is 26.2 Å². The van der Waals surface area contributed by atoms with Crippen molar-refractivity contribution in [2.45, 2.75) is 6.92 Å². The third kappa shape index (κ3) is 3.55. The lowest BCUT2D eigenvalue weighted by molar-refractivity contribution is 0.0521. The normalized spacial score (nSPS) is 10.5. The van der Waals surface area contributed by atoms with Crippen LogP contribution in [0.4, 0.5) is 4.39 Å². The van der Waals surface area contributed by atoms with E-state index in [0.717, 1.165) is 22.4 Å². The number of benzene rings is 2. The van der Waals surface area contributed by atoms with Gasteiger partial charge in [-0.2, -0.15) is 0 Å². The molecule has 0 spiro atoms. The Bertz CT molecular complexity index is 867. The molecule has 0 saturated carbocycles. The molecule has 5 heteroatoms. The van der Waals surface area contributed by atoms with Gasteiger partial charge in [0.05, 0.1) is 13.7 Å². The predicted octanol–water partition coefficient (Wildman–Crippen LogP) is 4.67. The number of aromatic amines is 1. The summed E-state index contributed by atoms with van der Waals surface area (Å²) in [7, 11) is 1.60. The van der Waals surface area contributed by atoms with Crippen LogP contribution in [0.1, 0.15) is 17.4 Å². The second-order valence-electron chi connectivity index (χ2n) is 5.43. The first-order chi connectivity index (χ1) is 12.1. The second kappa shape index (κ2) is 7.21. The number of carbonyl (C=O) groups is 1. The number of rotatable bonds is 5. The van der Waals surface area contributed by atoms with Crippen molar-refractivity contribution in [3.8, 4) is 28.1 Å². The highest BCUT2D eigenvalue weighted by atomic mass is 19.1. The molecule has 2 aromatic carbocycles. The van der Waals surface area contributed by atoms with Crippen molar-refractivity contribution in [2.75, 3.05) is 13.7 Å². The van der Waals surface area contributed by atoms with Gasteiger partial charge >= 0.3 is 5.97 Å². The van der Waals surface area contributed by atoms with E-state index in [9.17, 15) is 9.18 Å². The smallest absolute Gasteiger partial charge is 0.355 e. The second-order valence-corrected chi connectivity index (χ2v) is 5.43. The van der Waals surface area contributed by atoms with Gasteiger partial charge in [0.15, 0.2) is 0 Å². The molecule has 0 bridgehead atoms. The van der Waals surface area contributed by atoms with Gasteiger partial charge in [-0.3, -0.25) is 0 Å². The number of hydrogen-bond donors (Lipinski definition) is 1. The summed E-state index contributed by atoms with van der Waals surface area (Å²) in [4.78, 5) is 15.4. The number of methoxy groups -OCH3 is 1. The average Bonchev–Trinajstić information content (AvgIpc) is 3.08. The van der Waals surface area contributed by atoms with Crippen LogP contribution < -0.4 is 4.74 Å². The van der Waals surface area contributed by atoms with Crippen LogP contribution >= 0.6 is 0 Å². The molecule has 0 amide bonds. The van der Waals surface area contributed by atoms with E-state index in [4.69, 9.17) is 9.47 Å². The Balaban J connectivity index is 2.07. The third-order valence-electron chi connectivity index (χ3n) is 3.85. The number of hydrogen-bond acceptors (Lipinski definition) is 3. The molecule has 0 fully saturated rings. The molecule has 0 aliphatic heterocycles. The highest BCUT2D eigenvalue weighted by Gasteiger charge is 2.18. The van der Waals surface area contributed by atoms with Crippen molar-refractivity contribution < 1.29 is 18.7 Å². The molecule has 4 nitrogen and oxygen atoms in total. The molecule has 25 heavy (non-hydrogen) atoms. The zero-order valence-corrected chi connectivity index (χ0v) is 14.0. The summed E-state index contributed by atoms with van der Waals surface area (Å²) in [5.74, 6) is -0.00583. The number of H-pyrrole nitrogens is 1. The maximum Gasteiger partial charge on any atom is 0.355 e. The molecule has 3 rings (SSSR count). The monoisotopic (exact) mass is 339 g/mol. The molecule has 128 valence electrons. The third-order valence-corrected chi connectivity index (χ3v) is 3.85. The quantitative estimate of drug-likeness (QED) is 0.687. The average molecular weight is 339 g/mol. The van der Waals surface area contributed by atoms with Gasteiger partial charge in [-0.05, 0) is 60.5 Å². The Labute approximate surface area is 145 Å². The van der Waals surface area contributed by atoms with E-state index in [-0.39, 0.29) is 12.4 Å². The molecule has 0 aliphatic rings. The first-order valence-corrected chi connectivity index (χ1v) is 7.93. The minimum atomic E-state index is -0.429. The largest absolute Gasteiger partial charge is 0.497 e. The zero-order chi connectivity index (χ0) is 17.8. The highest BCUT2D eigenvalue weighted by Crippen LogP contribution is 2.31. The lowest BCUT2D eigenvalue weighted by Gasteiger charge is -2.05. The summed E-state index contributed by atoms with van der Waals surface area (Å²) in [5.41, 5.74) is 3.45. The molecular formula is C20H18FNO3. The van der Waals surface area contributed by atoms with Crippen molar-refractivity contribution in [3.05, 3.63) is 66.1 Å². The lowest BCUT2D eigenvalue weighted by atomic mass is 10.0. The molecule has 0 radical (unpaired) electrons. The van der Waals surface area contributed by atoms with Crippen molar-refractivity contribution in [3.63, 3.8) is 0 Å². The maximum atomic E-state index is 13.2. The summed E-state index contributed by atoms with van der Waals surface area (Å²) in [5, 5.41) is 0. The van der Waals surface area contributed by atoms with Gasteiger partial charge in [-0.25, -0.2) is 9.18 Å². The fraction of sp³-hybridized carbons (Fsp3) is 0.150. The fourth-order valence-corrected chi connectivity index (χ4v) is 2.60. The molecule has 0 unspecified atom stereocenters. The van der Waals surface area contributed by atoms with Gasteiger partial charge in [0.2, 0.25) is 0 Å². The van der Waals surface area contributed by atoms with Gasteiger partial charge in [0, 0.05) is 11.3 Å². The Kier molecular flexibility index (Phi) is 4.84. The molecule has 0 saturated heterocycles. The number of halogens is 1. The van der Waals surface area contributed by atoms with E-state index < -0.39 is 5.97 Å². The Hall–Kier alpha value is -3.08. The van der Waals surface area contributed by atoms with Crippen molar-refractivity contribution in [2.24, 2.45) is 0 Å². The number of nitrogens with one attached hydrogen (secondary N) is 1. The van der Waals surface area contributed by atoms with Crippen LogP contribution in [-0.2, 0) is 4.74 Å². The minimum Gasteiger partial charge on any atom is -0.497 e. The highest BCUT2D eigenvalue weighted by molar-refractivity contribution is 5.97. The number of ether oxygens (including phenoxy) is 2. The van der Waals surface area contributed by atoms with E-state index in [0.29, 0.717) is 11.4 Å². The topological polar surface area (TPSA) is 51.3 Å². The van der Waals surface area contributed by atoms with Crippen LogP contribution in [0.5, 0.6) is 5.75 Å². The van der Waals surface area contributed by atoms with Gasteiger partial charge in [0.25, 0.3) is 0 Å². The van der Waals surface area contributed by atoms with Gasteiger partial charge in [-0.15, -0.1) is 0 Å². The minimum absolute atomic E-state index is 0.284. The fourth-order valence-electron chi connectivity index (χ4n) is 2.60. The van der Waals surface area contributed by atoms with Crippen molar-refractivity contribution in [1.29, 1.82) is 0 Å². The van der Waals surface area contributed by atoms with Gasteiger partial charge in [0.1, 0.15) is 17.3 Å². The van der Waals surface area contributed by atoms with Crippen LogP contribution in [0.15, 0.2) is 54.6 Å². The number of carbonyl (C=O) groups excluding carboxylic acids is 1. The first kappa shape index (κ1) is 16.8. The van der Waals surface area contributed by atoms with Crippen LogP contribution in [0, 0.1) is 5.82 Å². The number of esters is 1. The van der Waals surface area contributed by atoms with E-state index in [1.165, 1.54) is 12.1 Å². The molecule has 1 aromatic heterocycles. The van der Waals surface area contributed by atoms with Crippen LogP contribution in [0.25, 0.3) is 22.4 Å². The van der Waals surface area contributed by atoms with Crippen molar-refractivity contribution in [1.82, 2.24) is 4.98 Å². The Morgan fingerprint density at radius 2 is 1.68 bits per heavy atom. The van der Waals surface area contributed by atoms with E-state index in [1.807, 2.05) is 30.3 Å². The Morgan fingerprint density at radius 3 is 2.28 bits per heavy atom. The van der Waals surface area contributed by atoms with Crippen LogP contribution in [0.2, 0.25) is 0 Å². The van der Waals surface area contributed by atoms with Gasteiger partial charge in [-0.1, -0.05) is 12.1 Å². The summed E-state index contributed by atoms with van der Waals surface area (Å²) in [6.45, 7) is 2.04. The predicted molar refractivity (Wildman–Crippen MR) is 94.1 cm³/mol. The van der Waals surface area contributed by atoms with E-state index >= 15 is 0 Å². The molecular weight excluding hydrogens is 321 g/mol.